The number of hydrogen-bond acceptors (Lipinski definition) is 0. The van der Waals surface area contributed by atoms with Gasteiger partial charge in [-0.05, 0) is 0 Å². The molecule has 0 fully saturated rings. The molecule has 0 bridgehead atoms. The molecule has 0 saturated heterocycles. The van der Waals surface area contributed by atoms with E-state index in [9.17, 15) is 52.7 Å². The number of halogens is 14. The van der Waals surface area contributed by atoms with Crippen LogP contribution in [0.2, 0.25) is 0 Å². The van der Waals surface area contributed by atoms with Gasteiger partial charge in [-0.3, -0.25) is 0 Å². The van der Waals surface area contributed by atoms with Gasteiger partial charge in [-0.2, -0.15) is 52.7 Å². The van der Waals surface area contributed by atoms with Crippen LogP contribution in [-0.2, 0) is 0 Å². The summed E-state index contributed by atoms with van der Waals surface area (Å²) < 4.78 is 159. The number of hydrogen-bond donors (Lipinski definition) is 0. The second-order valence-electron chi connectivity index (χ2n) is 4.82. The van der Waals surface area contributed by atoms with Gasteiger partial charge in [-0.1, -0.05) is 23.2 Å². The molecule has 0 spiro atoms. The molecule has 0 aromatic rings. The fourth-order valence-electron chi connectivity index (χ4n) is 2.11. The Morgan fingerprint density at radius 1 is 0.417 bits per heavy atom. The highest BCUT2D eigenvalue weighted by molar-refractivity contribution is 6.34. The maximum atomic E-state index is 13.5. The standard InChI is InChI=1S/C10Cl2F12/c11-3-1(5(13,14)9(21,22)7(3,17)18)2-4(12)8(19,20)10(23,24)6(2,15)16. The van der Waals surface area contributed by atoms with E-state index in [4.69, 9.17) is 0 Å². The summed E-state index contributed by atoms with van der Waals surface area (Å²) in [7, 11) is 0. The Bertz CT molecular complexity index is 613. The van der Waals surface area contributed by atoms with Gasteiger partial charge in [-0.15, -0.1) is 0 Å². The lowest BCUT2D eigenvalue weighted by molar-refractivity contribution is -0.270. The van der Waals surface area contributed by atoms with Gasteiger partial charge >= 0.3 is 35.5 Å². The Labute approximate surface area is 133 Å². The van der Waals surface area contributed by atoms with Gasteiger partial charge in [0.25, 0.3) is 0 Å². The summed E-state index contributed by atoms with van der Waals surface area (Å²) in [6.45, 7) is 0. The maximum absolute atomic E-state index is 13.5. The lowest BCUT2D eigenvalue weighted by atomic mass is 9.97. The molecule has 0 amide bonds. The zero-order valence-electron chi connectivity index (χ0n) is 10.3. The monoisotopic (exact) mass is 418 g/mol. The summed E-state index contributed by atoms with van der Waals surface area (Å²) in [6, 6.07) is 0. The van der Waals surface area contributed by atoms with Crippen molar-refractivity contribution in [3.8, 4) is 0 Å². The van der Waals surface area contributed by atoms with Crippen molar-refractivity contribution in [1.29, 1.82) is 0 Å². The van der Waals surface area contributed by atoms with Gasteiger partial charge in [0, 0.05) is 0 Å². The van der Waals surface area contributed by atoms with Crippen LogP contribution in [0.4, 0.5) is 52.7 Å². The van der Waals surface area contributed by atoms with Crippen LogP contribution in [0.15, 0.2) is 21.2 Å². The van der Waals surface area contributed by atoms with E-state index in [2.05, 4.69) is 23.2 Å². The zero-order valence-corrected chi connectivity index (χ0v) is 11.8. The van der Waals surface area contributed by atoms with Crippen molar-refractivity contribution in [2.45, 2.75) is 35.5 Å². The van der Waals surface area contributed by atoms with E-state index in [1.165, 1.54) is 0 Å². The molecular formula is C10Cl2F12. The zero-order chi connectivity index (χ0) is 19.3. The summed E-state index contributed by atoms with van der Waals surface area (Å²) in [5.74, 6) is -37.4. The van der Waals surface area contributed by atoms with E-state index >= 15 is 0 Å². The van der Waals surface area contributed by atoms with Crippen LogP contribution in [0.25, 0.3) is 0 Å². The SMILES string of the molecule is FC1(F)C(Cl)=C(C2=C(Cl)C(F)(F)C(F)(F)C2(F)F)C(F)(F)C1(F)F. The molecule has 0 saturated carbocycles. The highest BCUT2D eigenvalue weighted by Gasteiger charge is 2.86. The third kappa shape index (κ3) is 1.71. The summed E-state index contributed by atoms with van der Waals surface area (Å²) in [4.78, 5) is 0. The largest absolute Gasteiger partial charge is 0.381 e. The topological polar surface area (TPSA) is 0 Å². The molecule has 0 radical (unpaired) electrons. The Hall–Kier alpha value is -0.780. The van der Waals surface area contributed by atoms with Crippen LogP contribution in [0.3, 0.4) is 0 Å². The minimum absolute atomic E-state index is 2.99. The van der Waals surface area contributed by atoms with Crippen molar-refractivity contribution in [2.75, 3.05) is 0 Å². The first-order valence-corrected chi connectivity index (χ1v) is 6.15. The van der Waals surface area contributed by atoms with E-state index in [-0.39, 0.29) is 0 Å². The van der Waals surface area contributed by atoms with Gasteiger partial charge < -0.3 is 0 Å². The Morgan fingerprint density at radius 3 is 0.750 bits per heavy atom. The first-order valence-electron chi connectivity index (χ1n) is 5.40. The van der Waals surface area contributed by atoms with E-state index in [0.29, 0.717) is 0 Å². The van der Waals surface area contributed by atoms with E-state index in [1.807, 2.05) is 0 Å². The van der Waals surface area contributed by atoms with Gasteiger partial charge in [0.05, 0.1) is 11.1 Å². The van der Waals surface area contributed by atoms with Crippen molar-refractivity contribution < 1.29 is 52.7 Å². The van der Waals surface area contributed by atoms with Crippen LogP contribution < -0.4 is 0 Å². The van der Waals surface area contributed by atoms with E-state index < -0.39 is 56.7 Å². The number of allylic oxidation sites excluding steroid dienone is 4. The Morgan fingerprint density at radius 2 is 0.625 bits per heavy atom. The smallest absolute Gasteiger partial charge is 0.194 e. The van der Waals surface area contributed by atoms with Crippen molar-refractivity contribution in [3.63, 3.8) is 0 Å². The van der Waals surface area contributed by atoms with E-state index in [0.717, 1.165) is 0 Å². The van der Waals surface area contributed by atoms with Gasteiger partial charge in [0.1, 0.15) is 10.1 Å². The maximum Gasteiger partial charge on any atom is 0.381 e. The molecule has 24 heavy (non-hydrogen) atoms. The van der Waals surface area contributed by atoms with Gasteiger partial charge in [-0.25, -0.2) is 0 Å². The molecule has 0 atom stereocenters. The third-order valence-corrected chi connectivity index (χ3v) is 4.30. The summed E-state index contributed by atoms with van der Waals surface area (Å²) >= 11 is 9.10. The van der Waals surface area contributed by atoms with Crippen LogP contribution >= 0.6 is 23.2 Å². The van der Waals surface area contributed by atoms with Crippen LogP contribution in [-0.4, -0.2) is 35.5 Å². The van der Waals surface area contributed by atoms with E-state index in [1.54, 1.807) is 0 Å². The second kappa shape index (κ2) is 4.49. The van der Waals surface area contributed by atoms with Crippen LogP contribution in [0, 0.1) is 0 Å². The van der Waals surface area contributed by atoms with Crippen molar-refractivity contribution in [3.05, 3.63) is 21.2 Å². The van der Waals surface area contributed by atoms with Crippen molar-refractivity contribution >= 4 is 23.2 Å². The minimum Gasteiger partial charge on any atom is -0.194 e. The summed E-state index contributed by atoms with van der Waals surface area (Å²) in [5, 5.41) is -5.97. The molecule has 14 heteroatoms. The molecule has 0 unspecified atom stereocenters. The van der Waals surface area contributed by atoms with Crippen molar-refractivity contribution in [2.24, 2.45) is 0 Å². The highest BCUT2D eigenvalue weighted by Crippen LogP contribution is 2.69. The van der Waals surface area contributed by atoms with Gasteiger partial charge in [0.15, 0.2) is 0 Å². The Balaban J connectivity index is 2.90. The quantitative estimate of drug-likeness (QED) is 0.471. The van der Waals surface area contributed by atoms with Crippen molar-refractivity contribution in [1.82, 2.24) is 0 Å². The molecular weight excluding hydrogens is 419 g/mol. The normalized spacial score (nSPS) is 31.8. The summed E-state index contributed by atoms with van der Waals surface area (Å²) in [5.41, 5.74) is -6.52. The predicted octanol–water partition coefficient (Wildman–Crippen LogP) is 5.81. The molecule has 2 aliphatic rings. The predicted molar refractivity (Wildman–Crippen MR) is 55.4 cm³/mol. The molecule has 0 heterocycles. The Kier molecular flexibility index (Phi) is 3.65. The number of alkyl halides is 12. The highest BCUT2D eigenvalue weighted by atomic mass is 35.5. The molecule has 0 aromatic heterocycles. The lowest BCUT2D eigenvalue weighted by Crippen LogP contribution is -2.51. The fourth-order valence-corrected chi connectivity index (χ4v) is 2.77. The first-order chi connectivity index (χ1) is 10.3. The lowest BCUT2D eigenvalue weighted by Gasteiger charge is -2.27. The minimum atomic E-state index is -6.44. The van der Waals surface area contributed by atoms with Crippen LogP contribution in [0.1, 0.15) is 0 Å². The summed E-state index contributed by atoms with van der Waals surface area (Å²) in [6.07, 6.45) is 0. The molecule has 0 N–H and O–H groups in total. The molecule has 0 nitrogen and oxygen atoms in total. The molecule has 2 rings (SSSR count). The molecule has 138 valence electrons. The van der Waals surface area contributed by atoms with Gasteiger partial charge in [0.2, 0.25) is 0 Å². The first kappa shape index (κ1) is 19.5. The fraction of sp³-hybridized carbons (Fsp3) is 0.600. The second-order valence-corrected chi connectivity index (χ2v) is 5.58. The average Bonchev–Trinajstić information content (AvgIpc) is 2.53. The average molecular weight is 419 g/mol. The third-order valence-electron chi connectivity index (χ3n) is 3.45. The molecule has 2 aliphatic carbocycles. The van der Waals surface area contributed by atoms with Crippen LogP contribution in [0.5, 0.6) is 0 Å². The molecule has 0 aliphatic heterocycles. The molecule has 0 aromatic carbocycles. The number of rotatable bonds is 1.